The molecule has 3 heteroatoms. The van der Waals surface area contributed by atoms with Crippen molar-refractivity contribution in [2.24, 2.45) is 0 Å². The molecule has 112 valence electrons. The molecule has 3 nitrogen and oxygen atoms in total. The molecule has 0 amide bonds. The first kappa shape index (κ1) is 16.8. The molecule has 0 fully saturated rings. The van der Waals surface area contributed by atoms with Gasteiger partial charge in [-0.1, -0.05) is 56.2 Å². The van der Waals surface area contributed by atoms with Crippen molar-refractivity contribution in [1.82, 2.24) is 0 Å². The number of phenols is 2. The number of aldehydes is 1. The number of carbonyl (C=O) groups is 1. The van der Waals surface area contributed by atoms with Gasteiger partial charge in [0.2, 0.25) is 0 Å². The average Bonchev–Trinajstić information content (AvgIpc) is 2.49. The Kier molecular flexibility index (Phi) is 7.65. The fourth-order valence-corrected chi connectivity index (χ4v) is 1.88. The van der Waals surface area contributed by atoms with Crippen molar-refractivity contribution in [3.8, 4) is 11.5 Å². The summed E-state index contributed by atoms with van der Waals surface area (Å²) in [5, 5.41) is 19.3. The number of phenolic OH excluding ortho intramolecular Hbond substituents is 2. The standard InChI is InChI=1S/C18H22O3/c1-2-3-4-5-6-7-8-9-10-11-15-16(14-19)18(21)13-12-17(15)20/h6-14,20-21H,2-5H2,1H3/b7-6+,9-8+,11-10+. The molecule has 0 bridgehead atoms. The molecule has 1 aromatic rings. The molecule has 0 saturated carbocycles. The average molecular weight is 286 g/mol. The van der Waals surface area contributed by atoms with E-state index in [0.29, 0.717) is 11.8 Å². The number of carbonyl (C=O) groups excluding carboxylic acids is 1. The number of unbranched alkanes of at least 4 members (excludes halogenated alkanes) is 3. The van der Waals surface area contributed by atoms with Gasteiger partial charge in [0, 0.05) is 5.56 Å². The Morgan fingerprint density at radius 1 is 0.952 bits per heavy atom. The topological polar surface area (TPSA) is 57.5 Å². The van der Waals surface area contributed by atoms with Crippen LogP contribution in [0.5, 0.6) is 11.5 Å². The van der Waals surface area contributed by atoms with Gasteiger partial charge in [-0.2, -0.15) is 0 Å². The maximum absolute atomic E-state index is 10.9. The van der Waals surface area contributed by atoms with Crippen LogP contribution in [-0.4, -0.2) is 16.5 Å². The van der Waals surface area contributed by atoms with E-state index < -0.39 is 0 Å². The van der Waals surface area contributed by atoms with E-state index in [1.807, 2.05) is 18.2 Å². The van der Waals surface area contributed by atoms with E-state index >= 15 is 0 Å². The van der Waals surface area contributed by atoms with Crippen LogP contribution < -0.4 is 0 Å². The number of hydrogen-bond acceptors (Lipinski definition) is 3. The van der Waals surface area contributed by atoms with E-state index in [9.17, 15) is 15.0 Å². The molecule has 0 aliphatic carbocycles. The van der Waals surface area contributed by atoms with E-state index in [2.05, 4.69) is 13.0 Å². The van der Waals surface area contributed by atoms with E-state index in [1.165, 1.54) is 31.4 Å². The number of aromatic hydroxyl groups is 2. The van der Waals surface area contributed by atoms with Crippen LogP contribution in [0.4, 0.5) is 0 Å². The SMILES string of the molecule is CCCCC/C=C/C=C/C=C/c1c(O)ccc(O)c1C=O. The van der Waals surface area contributed by atoms with E-state index in [0.717, 1.165) is 6.42 Å². The van der Waals surface area contributed by atoms with Crippen molar-refractivity contribution in [3.05, 3.63) is 53.6 Å². The van der Waals surface area contributed by atoms with Gasteiger partial charge in [0.05, 0.1) is 5.56 Å². The van der Waals surface area contributed by atoms with Gasteiger partial charge in [-0.3, -0.25) is 4.79 Å². The molecule has 2 N–H and O–H groups in total. The van der Waals surface area contributed by atoms with E-state index in [4.69, 9.17) is 0 Å². The van der Waals surface area contributed by atoms with Gasteiger partial charge in [0.25, 0.3) is 0 Å². The molecule has 0 heterocycles. The first-order valence-corrected chi connectivity index (χ1v) is 7.20. The number of rotatable bonds is 8. The van der Waals surface area contributed by atoms with Gasteiger partial charge in [0.15, 0.2) is 6.29 Å². The molecule has 0 aliphatic heterocycles. The van der Waals surface area contributed by atoms with Gasteiger partial charge >= 0.3 is 0 Å². The predicted molar refractivity (Wildman–Crippen MR) is 86.6 cm³/mol. The highest BCUT2D eigenvalue weighted by molar-refractivity contribution is 5.87. The van der Waals surface area contributed by atoms with Crippen molar-refractivity contribution in [1.29, 1.82) is 0 Å². The fraction of sp³-hybridized carbons (Fsp3) is 0.278. The van der Waals surface area contributed by atoms with Crippen LogP contribution in [0, 0.1) is 0 Å². The number of benzene rings is 1. The zero-order valence-electron chi connectivity index (χ0n) is 12.3. The number of hydrogen-bond donors (Lipinski definition) is 2. The van der Waals surface area contributed by atoms with Crippen LogP contribution in [0.15, 0.2) is 42.5 Å². The maximum Gasteiger partial charge on any atom is 0.154 e. The summed E-state index contributed by atoms with van der Waals surface area (Å²) in [6, 6.07) is 2.66. The lowest BCUT2D eigenvalue weighted by atomic mass is 10.1. The molecule has 0 unspecified atom stereocenters. The Balaban J connectivity index is 2.61. The van der Waals surface area contributed by atoms with Crippen molar-refractivity contribution in [2.75, 3.05) is 0 Å². The minimum Gasteiger partial charge on any atom is -0.507 e. The molecule has 0 aromatic heterocycles. The lowest BCUT2D eigenvalue weighted by Gasteiger charge is -2.04. The summed E-state index contributed by atoms with van der Waals surface area (Å²) in [6.07, 6.45) is 16.4. The second-order valence-corrected chi connectivity index (χ2v) is 4.72. The predicted octanol–water partition coefficient (Wildman–Crippen LogP) is 4.62. The smallest absolute Gasteiger partial charge is 0.154 e. The lowest BCUT2D eigenvalue weighted by Crippen LogP contribution is -1.87. The summed E-state index contributed by atoms with van der Waals surface area (Å²) < 4.78 is 0. The van der Waals surface area contributed by atoms with Gasteiger partial charge < -0.3 is 10.2 Å². The summed E-state index contributed by atoms with van der Waals surface area (Å²) in [4.78, 5) is 10.9. The number of allylic oxidation sites excluding steroid dienone is 5. The van der Waals surface area contributed by atoms with Crippen LogP contribution in [0.25, 0.3) is 6.08 Å². The van der Waals surface area contributed by atoms with E-state index in [-0.39, 0.29) is 17.1 Å². The van der Waals surface area contributed by atoms with Gasteiger partial charge in [-0.25, -0.2) is 0 Å². The van der Waals surface area contributed by atoms with Crippen molar-refractivity contribution in [2.45, 2.75) is 32.6 Å². The zero-order valence-corrected chi connectivity index (χ0v) is 12.3. The highest BCUT2D eigenvalue weighted by Crippen LogP contribution is 2.28. The quantitative estimate of drug-likeness (QED) is 0.317. The summed E-state index contributed by atoms with van der Waals surface area (Å²) in [5.74, 6) is -0.170. The van der Waals surface area contributed by atoms with Crippen molar-refractivity contribution < 1.29 is 15.0 Å². The third kappa shape index (κ3) is 5.69. The maximum atomic E-state index is 10.9. The normalized spacial score (nSPS) is 11.9. The van der Waals surface area contributed by atoms with E-state index in [1.54, 1.807) is 12.2 Å². The molecular formula is C18H22O3. The Morgan fingerprint density at radius 3 is 2.29 bits per heavy atom. The van der Waals surface area contributed by atoms with Crippen molar-refractivity contribution >= 4 is 12.4 Å². The van der Waals surface area contributed by atoms with Crippen LogP contribution in [-0.2, 0) is 0 Å². The fourth-order valence-electron chi connectivity index (χ4n) is 1.88. The van der Waals surface area contributed by atoms with Crippen LogP contribution in [0.3, 0.4) is 0 Å². The van der Waals surface area contributed by atoms with Crippen LogP contribution in [0.1, 0.15) is 48.5 Å². The molecule has 1 aromatic carbocycles. The van der Waals surface area contributed by atoms with Gasteiger partial charge in [-0.15, -0.1) is 0 Å². The molecule has 0 radical (unpaired) electrons. The third-order valence-corrected chi connectivity index (χ3v) is 3.07. The molecular weight excluding hydrogens is 264 g/mol. The Bertz CT molecular complexity index is 540. The van der Waals surface area contributed by atoms with Gasteiger partial charge in [-0.05, 0) is 25.0 Å². The summed E-state index contributed by atoms with van der Waals surface area (Å²) >= 11 is 0. The molecule has 21 heavy (non-hydrogen) atoms. The zero-order chi connectivity index (χ0) is 15.5. The first-order chi connectivity index (χ1) is 10.2. The Hall–Kier alpha value is -2.29. The highest BCUT2D eigenvalue weighted by atomic mass is 16.3. The second kappa shape index (κ2) is 9.59. The molecule has 0 aliphatic rings. The van der Waals surface area contributed by atoms with Crippen LogP contribution in [0.2, 0.25) is 0 Å². The second-order valence-electron chi connectivity index (χ2n) is 4.72. The summed E-state index contributed by atoms with van der Waals surface area (Å²) in [6.45, 7) is 2.18. The van der Waals surface area contributed by atoms with Gasteiger partial charge in [0.1, 0.15) is 11.5 Å². The molecule has 1 rings (SSSR count). The Morgan fingerprint density at radius 2 is 1.62 bits per heavy atom. The summed E-state index contributed by atoms with van der Waals surface area (Å²) in [5.41, 5.74) is 0.413. The Labute approximate surface area is 125 Å². The highest BCUT2D eigenvalue weighted by Gasteiger charge is 2.08. The van der Waals surface area contributed by atoms with Crippen LogP contribution >= 0.6 is 0 Å². The largest absolute Gasteiger partial charge is 0.507 e. The lowest BCUT2D eigenvalue weighted by molar-refractivity contribution is 0.112. The first-order valence-electron chi connectivity index (χ1n) is 7.20. The minimum atomic E-state index is -0.137. The summed E-state index contributed by atoms with van der Waals surface area (Å²) in [7, 11) is 0. The third-order valence-electron chi connectivity index (χ3n) is 3.07. The minimum absolute atomic E-state index is 0.0327. The monoisotopic (exact) mass is 286 g/mol. The molecule has 0 saturated heterocycles. The molecule has 0 atom stereocenters. The molecule has 0 spiro atoms. The van der Waals surface area contributed by atoms with Crippen molar-refractivity contribution in [3.63, 3.8) is 0 Å².